The molecule has 1 amide bonds. The summed E-state index contributed by atoms with van der Waals surface area (Å²) in [5.74, 6) is 0.0740. The van der Waals surface area contributed by atoms with Crippen molar-refractivity contribution in [1.82, 2.24) is 4.90 Å². The molecule has 5 nitrogen and oxygen atoms in total. The molecular weight excluding hydrogens is 338 g/mol. The summed E-state index contributed by atoms with van der Waals surface area (Å²) >= 11 is 0. The van der Waals surface area contributed by atoms with Crippen molar-refractivity contribution in [3.8, 4) is 5.75 Å². The average molecular weight is 362 g/mol. The topological polar surface area (TPSA) is 69.8 Å². The number of carbonyl (C=O) groups is 1. The molecule has 0 aliphatic carbocycles. The fraction of sp³-hybridized carbons (Fsp3) is 0.316. The fourth-order valence-corrected chi connectivity index (χ4v) is 3.18. The Morgan fingerprint density at radius 2 is 1.60 bits per heavy atom. The third kappa shape index (κ3) is 4.24. The predicted molar refractivity (Wildman–Crippen MR) is 102 cm³/mol. The minimum absolute atomic E-state index is 0. The molecule has 1 saturated heterocycles. The van der Waals surface area contributed by atoms with Gasteiger partial charge < -0.3 is 20.6 Å². The molecule has 1 heterocycles. The third-order valence-corrected chi connectivity index (χ3v) is 4.55. The van der Waals surface area contributed by atoms with Crippen LogP contribution in [-0.4, -0.2) is 48.6 Å². The maximum atomic E-state index is 12.8. The van der Waals surface area contributed by atoms with Crippen LogP contribution < -0.4 is 10.6 Å². The van der Waals surface area contributed by atoms with Gasteiger partial charge in [-0.25, -0.2) is 0 Å². The summed E-state index contributed by atoms with van der Waals surface area (Å²) in [6, 6.07) is 17.0. The molecule has 0 radical (unpaired) electrons. The number of amides is 1. The van der Waals surface area contributed by atoms with Crippen molar-refractivity contribution in [3.05, 3.63) is 60.2 Å². The minimum Gasteiger partial charge on any atom is -0.506 e. The molecule has 1 unspecified atom stereocenters. The first-order chi connectivity index (χ1) is 11.7. The Bertz CT molecular complexity index is 688. The number of phenols is 1. The summed E-state index contributed by atoms with van der Waals surface area (Å²) in [7, 11) is 0. The van der Waals surface area contributed by atoms with Crippen LogP contribution in [0.5, 0.6) is 5.75 Å². The maximum Gasteiger partial charge on any atom is 0.231 e. The zero-order valence-corrected chi connectivity index (χ0v) is 14.9. The third-order valence-electron chi connectivity index (χ3n) is 4.55. The van der Waals surface area contributed by atoms with Gasteiger partial charge in [0.05, 0.1) is 11.6 Å². The van der Waals surface area contributed by atoms with Crippen LogP contribution in [0.3, 0.4) is 0 Å². The Labute approximate surface area is 154 Å². The van der Waals surface area contributed by atoms with Gasteiger partial charge in [-0.1, -0.05) is 42.5 Å². The number of hydrogen-bond acceptors (Lipinski definition) is 4. The van der Waals surface area contributed by atoms with Crippen molar-refractivity contribution >= 4 is 24.0 Å². The first-order valence-electron chi connectivity index (χ1n) is 8.27. The molecule has 1 atom stereocenters. The number of benzene rings is 2. The summed E-state index contributed by atoms with van der Waals surface area (Å²) in [5.41, 5.74) is 7.65. The van der Waals surface area contributed by atoms with Gasteiger partial charge in [-0.2, -0.15) is 0 Å². The summed E-state index contributed by atoms with van der Waals surface area (Å²) in [6.07, 6.45) is 0. The number of aromatic hydroxyl groups is 1. The van der Waals surface area contributed by atoms with Crippen molar-refractivity contribution in [2.24, 2.45) is 5.73 Å². The minimum atomic E-state index is -0.289. The highest BCUT2D eigenvalue weighted by atomic mass is 35.5. The molecule has 1 fully saturated rings. The number of halogens is 1. The standard InChI is InChI=1S/C19H23N3O2.ClH/c20-14-16(15-6-2-1-3-7-15)19(24)22-12-10-21(11-13-22)17-8-4-5-9-18(17)23;/h1-9,16,23H,10-14,20H2;1H. The van der Waals surface area contributed by atoms with Gasteiger partial charge >= 0.3 is 0 Å². The van der Waals surface area contributed by atoms with Crippen LogP contribution in [0, 0.1) is 0 Å². The van der Waals surface area contributed by atoms with E-state index in [2.05, 4.69) is 4.90 Å². The summed E-state index contributed by atoms with van der Waals surface area (Å²) in [4.78, 5) is 16.8. The quantitative estimate of drug-likeness (QED) is 0.876. The lowest BCUT2D eigenvalue weighted by molar-refractivity contribution is -0.132. The SMILES string of the molecule is Cl.NCC(C(=O)N1CCN(c2ccccc2O)CC1)c1ccccc1. The van der Waals surface area contributed by atoms with Crippen LogP contribution in [-0.2, 0) is 4.79 Å². The van der Waals surface area contributed by atoms with E-state index in [1.807, 2.05) is 53.4 Å². The molecule has 2 aromatic rings. The summed E-state index contributed by atoms with van der Waals surface area (Å²) < 4.78 is 0. The predicted octanol–water partition coefficient (Wildman–Crippen LogP) is 2.21. The van der Waals surface area contributed by atoms with Gasteiger partial charge in [0.2, 0.25) is 5.91 Å². The molecule has 2 aromatic carbocycles. The Hall–Kier alpha value is -2.24. The van der Waals surface area contributed by atoms with Gasteiger partial charge in [-0.3, -0.25) is 4.79 Å². The number of para-hydroxylation sites is 2. The summed E-state index contributed by atoms with van der Waals surface area (Å²) in [6.45, 7) is 2.99. The molecule has 1 aliphatic heterocycles. The first-order valence-corrected chi connectivity index (χ1v) is 8.27. The lowest BCUT2D eigenvalue weighted by Gasteiger charge is -2.37. The Morgan fingerprint density at radius 1 is 1.00 bits per heavy atom. The number of piperazine rings is 1. The average Bonchev–Trinajstić information content (AvgIpc) is 2.64. The lowest BCUT2D eigenvalue weighted by Crippen LogP contribution is -2.50. The van der Waals surface area contributed by atoms with Crippen LogP contribution in [0.15, 0.2) is 54.6 Å². The number of rotatable bonds is 4. The van der Waals surface area contributed by atoms with E-state index in [0.29, 0.717) is 32.7 Å². The van der Waals surface area contributed by atoms with E-state index in [0.717, 1.165) is 11.3 Å². The second kappa shape index (κ2) is 8.74. The smallest absolute Gasteiger partial charge is 0.231 e. The van der Waals surface area contributed by atoms with E-state index in [-0.39, 0.29) is 30.0 Å². The molecule has 0 bridgehead atoms. The molecule has 25 heavy (non-hydrogen) atoms. The van der Waals surface area contributed by atoms with Crippen LogP contribution in [0.25, 0.3) is 0 Å². The van der Waals surface area contributed by atoms with Gasteiger partial charge in [0.1, 0.15) is 5.75 Å². The van der Waals surface area contributed by atoms with Crippen molar-refractivity contribution in [2.45, 2.75) is 5.92 Å². The fourth-order valence-electron chi connectivity index (χ4n) is 3.18. The normalized spacial score (nSPS) is 15.4. The number of hydrogen-bond donors (Lipinski definition) is 2. The molecule has 0 aromatic heterocycles. The Kier molecular flexibility index (Phi) is 6.67. The molecule has 3 rings (SSSR count). The number of phenolic OH excluding ortho intramolecular Hbond substituents is 1. The van der Waals surface area contributed by atoms with E-state index < -0.39 is 0 Å². The number of nitrogens with zero attached hydrogens (tertiary/aromatic N) is 2. The second-order valence-electron chi connectivity index (χ2n) is 6.00. The number of carbonyl (C=O) groups excluding carboxylic acids is 1. The molecule has 6 heteroatoms. The molecule has 0 saturated carbocycles. The van der Waals surface area contributed by atoms with E-state index in [9.17, 15) is 9.90 Å². The Morgan fingerprint density at radius 3 is 2.20 bits per heavy atom. The highest BCUT2D eigenvalue weighted by Gasteiger charge is 2.28. The van der Waals surface area contributed by atoms with Gasteiger partial charge in [0.25, 0.3) is 0 Å². The summed E-state index contributed by atoms with van der Waals surface area (Å²) in [5, 5.41) is 9.97. The molecule has 134 valence electrons. The van der Waals surface area contributed by atoms with Crippen LogP contribution in [0.1, 0.15) is 11.5 Å². The van der Waals surface area contributed by atoms with Crippen molar-refractivity contribution < 1.29 is 9.90 Å². The second-order valence-corrected chi connectivity index (χ2v) is 6.00. The van der Waals surface area contributed by atoms with E-state index in [1.54, 1.807) is 6.07 Å². The van der Waals surface area contributed by atoms with E-state index in [1.165, 1.54) is 0 Å². The van der Waals surface area contributed by atoms with E-state index in [4.69, 9.17) is 5.73 Å². The molecule has 1 aliphatic rings. The Balaban J connectivity index is 0.00000225. The highest BCUT2D eigenvalue weighted by molar-refractivity contribution is 5.85. The van der Waals surface area contributed by atoms with Crippen molar-refractivity contribution in [1.29, 1.82) is 0 Å². The molecular formula is C19H24ClN3O2. The van der Waals surface area contributed by atoms with Gasteiger partial charge in [-0.05, 0) is 17.7 Å². The number of nitrogens with two attached hydrogens (primary N) is 1. The van der Waals surface area contributed by atoms with Crippen LogP contribution >= 0.6 is 12.4 Å². The first kappa shape index (κ1) is 19.1. The zero-order valence-electron chi connectivity index (χ0n) is 14.0. The molecule has 0 spiro atoms. The lowest BCUT2D eigenvalue weighted by atomic mass is 9.97. The van der Waals surface area contributed by atoms with Gasteiger partial charge in [0.15, 0.2) is 0 Å². The highest BCUT2D eigenvalue weighted by Crippen LogP contribution is 2.27. The monoisotopic (exact) mass is 361 g/mol. The van der Waals surface area contributed by atoms with E-state index >= 15 is 0 Å². The zero-order chi connectivity index (χ0) is 16.9. The largest absolute Gasteiger partial charge is 0.506 e. The van der Waals surface area contributed by atoms with Crippen molar-refractivity contribution in [3.63, 3.8) is 0 Å². The van der Waals surface area contributed by atoms with Crippen LogP contribution in [0.2, 0.25) is 0 Å². The van der Waals surface area contributed by atoms with Gasteiger partial charge in [-0.15, -0.1) is 12.4 Å². The molecule has 3 N–H and O–H groups in total. The van der Waals surface area contributed by atoms with Crippen molar-refractivity contribution in [2.75, 3.05) is 37.6 Å². The number of anilines is 1. The maximum absolute atomic E-state index is 12.8. The van der Waals surface area contributed by atoms with Gasteiger partial charge in [0, 0.05) is 32.7 Å². The van der Waals surface area contributed by atoms with Crippen LogP contribution in [0.4, 0.5) is 5.69 Å².